The summed E-state index contributed by atoms with van der Waals surface area (Å²) in [6, 6.07) is 3.58. The molecule has 2 atom stereocenters. The molecule has 1 aromatic carbocycles. The van der Waals surface area contributed by atoms with E-state index >= 15 is 0 Å². The molecule has 2 rings (SSSR count). The van der Waals surface area contributed by atoms with Gasteiger partial charge in [0.2, 0.25) is 0 Å². The zero-order valence-electron chi connectivity index (χ0n) is 11.1. The molecule has 0 saturated carbocycles. The first-order valence-corrected chi connectivity index (χ1v) is 6.96. The molecule has 1 saturated heterocycles. The van der Waals surface area contributed by atoms with Crippen molar-refractivity contribution in [1.82, 2.24) is 0 Å². The van der Waals surface area contributed by atoms with E-state index in [0.29, 0.717) is 18.1 Å². The largest absolute Gasteiger partial charge is 0.378 e. The summed E-state index contributed by atoms with van der Waals surface area (Å²) < 4.78 is 31.8. The summed E-state index contributed by atoms with van der Waals surface area (Å²) in [5.74, 6) is -1.05. The molecule has 0 aromatic heterocycles. The minimum absolute atomic E-state index is 0.0821. The van der Waals surface area contributed by atoms with Crippen LogP contribution in [0.4, 0.5) is 8.78 Å². The molecule has 1 aliphatic heterocycles. The molecular weight excluding hydrogens is 248 g/mol. The van der Waals surface area contributed by atoms with Gasteiger partial charge in [0.25, 0.3) is 0 Å². The third-order valence-corrected chi connectivity index (χ3v) is 3.62. The van der Waals surface area contributed by atoms with Crippen molar-refractivity contribution in [2.45, 2.75) is 50.7 Å². The topological polar surface area (TPSA) is 35.2 Å². The quantitative estimate of drug-likeness (QED) is 0.860. The van der Waals surface area contributed by atoms with Crippen molar-refractivity contribution in [2.75, 3.05) is 6.61 Å². The molecule has 1 heterocycles. The van der Waals surface area contributed by atoms with Crippen LogP contribution in [0.25, 0.3) is 0 Å². The Morgan fingerprint density at radius 2 is 2.21 bits per heavy atom. The average Bonchev–Trinajstić information content (AvgIpc) is 2.86. The lowest BCUT2D eigenvalue weighted by atomic mass is 9.99. The zero-order valence-corrected chi connectivity index (χ0v) is 11.1. The van der Waals surface area contributed by atoms with Crippen LogP contribution in [0.1, 0.15) is 37.7 Å². The van der Waals surface area contributed by atoms with Gasteiger partial charge in [0.05, 0.1) is 6.10 Å². The van der Waals surface area contributed by atoms with Gasteiger partial charge in [0, 0.05) is 18.7 Å². The Morgan fingerprint density at radius 1 is 1.37 bits per heavy atom. The van der Waals surface area contributed by atoms with Crippen LogP contribution in [0.15, 0.2) is 18.2 Å². The summed E-state index contributed by atoms with van der Waals surface area (Å²) in [5.41, 5.74) is 6.49. The predicted octanol–water partition coefficient (Wildman–Crippen LogP) is 3.18. The average molecular weight is 269 g/mol. The lowest BCUT2D eigenvalue weighted by Gasteiger charge is -2.14. The van der Waals surface area contributed by atoms with E-state index in [1.807, 2.05) is 0 Å². The van der Waals surface area contributed by atoms with Gasteiger partial charge in [-0.15, -0.1) is 0 Å². The Balaban J connectivity index is 1.72. The second-order valence-electron chi connectivity index (χ2n) is 5.27. The van der Waals surface area contributed by atoms with E-state index in [9.17, 15) is 8.78 Å². The third kappa shape index (κ3) is 4.55. The smallest absolute Gasteiger partial charge is 0.129 e. The lowest BCUT2D eigenvalue weighted by Crippen LogP contribution is -2.23. The highest BCUT2D eigenvalue weighted by atomic mass is 19.1. The highest BCUT2D eigenvalue weighted by molar-refractivity contribution is 5.19. The summed E-state index contributed by atoms with van der Waals surface area (Å²) >= 11 is 0. The normalized spacial score (nSPS) is 20.7. The summed E-state index contributed by atoms with van der Waals surface area (Å²) in [6.45, 7) is 0.873. The first-order chi connectivity index (χ1) is 9.15. The number of benzene rings is 1. The van der Waals surface area contributed by atoms with Crippen LogP contribution in [0.2, 0.25) is 0 Å². The van der Waals surface area contributed by atoms with Gasteiger partial charge in [-0.1, -0.05) is 6.07 Å². The molecule has 0 radical (unpaired) electrons. The highest BCUT2D eigenvalue weighted by Gasteiger charge is 2.16. The number of hydrogen-bond acceptors (Lipinski definition) is 2. The summed E-state index contributed by atoms with van der Waals surface area (Å²) in [6.07, 6.45) is 6.00. The van der Waals surface area contributed by atoms with Crippen molar-refractivity contribution in [3.05, 3.63) is 35.4 Å². The maximum atomic E-state index is 13.5. The van der Waals surface area contributed by atoms with E-state index in [0.717, 1.165) is 44.8 Å². The van der Waals surface area contributed by atoms with Crippen LogP contribution in [0.3, 0.4) is 0 Å². The van der Waals surface area contributed by atoms with Gasteiger partial charge < -0.3 is 10.5 Å². The van der Waals surface area contributed by atoms with Gasteiger partial charge in [-0.25, -0.2) is 8.78 Å². The van der Waals surface area contributed by atoms with Crippen molar-refractivity contribution in [3.63, 3.8) is 0 Å². The molecule has 2 unspecified atom stereocenters. The van der Waals surface area contributed by atoms with E-state index in [-0.39, 0.29) is 6.04 Å². The minimum atomic E-state index is -0.548. The standard InChI is InChI=1S/C15H21F2NO/c16-12-7-6-11(15(17)10-12)9-13(18)3-1-4-14-5-2-8-19-14/h6-7,10,13-14H,1-5,8-9,18H2. The third-order valence-electron chi connectivity index (χ3n) is 3.62. The van der Waals surface area contributed by atoms with E-state index in [4.69, 9.17) is 10.5 Å². The SMILES string of the molecule is NC(CCCC1CCCO1)Cc1ccc(F)cc1F. The van der Waals surface area contributed by atoms with E-state index in [1.165, 1.54) is 12.1 Å². The fourth-order valence-corrected chi connectivity index (χ4v) is 2.55. The van der Waals surface area contributed by atoms with Crippen molar-refractivity contribution < 1.29 is 13.5 Å². The Bertz CT molecular complexity index is 405. The van der Waals surface area contributed by atoms with Crippen LogP contribution >= 0.6 is 0 Å². The number of ether oxygens (including phenoxy) is 1. The number of nitrogens with two attached hydrogens (primary N) is 1. The lowest BCUT2D eigenvalue weighted by molar-refractivity contribution is 0.101. The molecule has 0 aliphatic carbocycles. The van der Waals surface area contributed by atoms with Gasteiger partial charge in [-0.05, 0) is 50.2 Å². The second-order valence-corrected chi connectivity index (χ2v) is 5.27. The molecule has 19 heavy (non-hydrogen) atoms. The summed E-state index contributed by atoms with van der Waals surface area (Å²) in [7, 11) is 0. The van der Waals surface area contributed by atoms with Gasteiger partial charge in [-0.3, -0.25) is 0 Å². The van der Waals surface area contributed by atoms with E-state index in [2.05, 4.69) is 0 Å². The highest BCUT2D eigenvalue weighted by Crippen LogP contribution is 2.19. The maximum Gasteiger partial charge on any atom is 0.129 e. The summed E-state index contributed by atoms with van der Waals surface area (Å²) in [5, 5.41) is 0. The molecule has 1 aliphatic rings. The Morgan fingerprint density at radius 3 is 2.89 bits per heavy atom. The molecular formula is C15H21F2NO. The molecule has 1 fully saturated rings. The van der Waals surface area contributed by atoms with Crippen molar-refractivity contribution in [1.29, 1.82) is 0 Å². The molecule has 0 amide bonds. The minimum Gasteiger partial charge on any atom is -0.378 e. The Labute approximate surface area is 112 Å². The number of rotatable bonds is 6. The van der Waals surface area contributed by atoms with Gasteiger partial charge in [0.1, 0.15) is 11.6 Å². The first-order valence-electron chi connectivity index (χ1n) is 6.96. The summed E-state index contributed by atoms with van der Waals surface area (Å²) in [4.78, 5) is 0. The molecule has 4 heteroatoms. The molecule has 1 aromatic rings. The van der Waals surface area contributed by atoms with Crippen molar-refractivity contribution in [2.24, 2.45) is 5.73 Å². The number of halogens is 2. The van der Waals surface area contributed by atoms with Crippen molar-refractivity contribution >= 4 is 0 Å². The fourth-order valence-electron chi connectivity index (χ4n) is 2.55. The Hall–Kier alpha value is -1.00. The van der Waals surface area contributed by atoms with E-state index < -0.39 is 11.6 Å². The van der Waals surface area contributed by atoms with Crippen LogP contribution in [0, 0.1) is 11.6 Å². The maximum absolute atomic E-state index is 13.5. The van der Waals surface area contributed by atoms with Gasteiger partial charge in [-0.2, -0.15) is 0 Å². The molecule has 106 valence electrons. The van der Waals surface area contributed by atoms with Crippen LogP contribution < -0.4 is 5.73 Å². The zero-order chi connectivity index (χ0) is 13.7. The molecule has 0 bridgehead atoms. The number of hydrogen-bond donors (Lipinski definition) is 1. The molecule has 0 spiro atoms. The van der Waals surface area contributed by atoms with Crippen LogP contribution in [0.5, 0.6) is 0 Å². The second kappa shape index (κ2) is 6.96. The monoisotopic (exact) mass is 269 g/mol. The molecule has 2 N–H and O–H groups in total. The van der Waals surface area contributed by atoms with E-state index in [1.54, 1.807) is 0 Å². The first kappa shape index (κ1) is 14.4. The van der Waals surface area contributed by atoms with Gasteiger partial charge >= 0.3 is 0 Å². The predicted molar refractivity (Wildman–Crippen MR) is 70.9 cm³/mol. The van der Waals surface area contributed by atoms with Crippen molar-refractivity contribution in [3.8, 4) is 0 Å². The Kier molecular flexibility index (Phi) is 5.28. The molecule has 2 nitrogen and oxygen atoms in total. The fraction of sp³-hybridized carbons (Fsp3) is 0.600. The van der Waals surface area contributed by atoms with Gasteiger partial charge in [0.15, 0.2) is 0 Å². The van der Waals surface area contributed by atoms with Crippen LogP contribution in [-0.4, -0.2) is 18.8 Å². The van der Waals surface area contributed by atoms with Crippen LogP contribution in [-0.2, 0) is 11.2 Å².